The molecule has 102 valence electrons. The lowest BCUT2D eigenvalue weighted by Crippen LogP contribution is -2.29. The molecule has 1 aromatic rings. The Morgan fingerprint density at radius 3 is 2.79 bits per heavy atom. The van der Waals surface area contributed by atoms with Gasteiger partial charge in [-0.3, -0.25) is 0 Å². The summed E-state index contributed by atoms with van der Waals surface area (Å²) < 4.78 is 10.5. The van der Waals surface area contributed by atoms with E-state index in [9.17, 15) is 4.79 Å². The van der Waals surface area contributed by atoms with E-state index in [1.165, 1.54) is 6.07 Å². The van der Waals surface area contributed by atoms with Crippen LogP contribution in [0.15, 0.2) is 18.2 Å². The standard InChI is InChI=1S/C14H16ClNO3/c1-3-5-12(14(17)18-4-2)19-13-8-11(15)7-6-10(13)9-16/h6-8,12H,3-5H2,1-2H3. The minimum atomic E-state index is -0.712. The topological polar surface area (TPSA) is 59.3 Å². The lowest BCUT2D eigenvalue weighted by Gasteiger charge is -2.17. The molecule has 0 saturated carbocycles. The number of carbonyl (C=O) groups excluding carboxylic acids is 1. The van der Waals surface area contributed by atoms with Crippen molar-refractivity contribution in [2.24, 2.45) is 0 Å². The number of nitrogens with zero attached hydrogens (tertiary/aromatic N) is 1. The van der Waals surface area contributed by atoms with Gasteiger partial charge in [0.15, 0.2) is 6.10 Å². The van der Waals surface area contributed by atoms with E-state index in [-0.39, 0.29) is 0 Å². The summed E-state index contributed by atoms with van der Waals surface area (Å²) in [6, 6.07) is 6.70. The highest BCUT2D eigenvalue weighted by molar-refractivity contribution is 6.30. The smallest absolute Gasteiger partial charge is 0.347 e. The molecule has 1 atom stereocenters. The lowest BCUT2D eigenvalue weighted by atomic mass is 10.2. The third kappa shape index (κ3) is 4.46. The van der Waals surface area contributed by atoms with Crippen molar-refractivity contribution >= 4 is 17.6 Å². The first-order chi connectivity index (χ1) is 9.12. The third-order valence-corrected chi connectivity index (χ3v) is 2.67. The van der Waals surface area contributed by atoms with Gasteiger partial charge in [0.25, 0.3) is 0 Å². The Hall–Kier alpha value is -1.73. The Kier molecular flexibility index (Phi) is 6.17. The Labute approximate surface area is 117 Å². The van der Waals surface area contributed by atoms with Gasteiger partial charge < -0.3 is 9.47 Å². The van der Waals surface area contributed by atoms with Gasteiger partial charge in [-0.05, 0) is 25.5 Å². The molecule has 0 N–H and O–H groups in total. The Balaban J connectivity index is 2.93. The number of hydrogen-bond acceptors (Lipinski definition) is 4. The maximum Gasteiger partial charge on any atom is 0.347 e. The van der Waals surface area contributed by atoms with Crippen molar-refractivity contribution in [2.45, 2.75) is 32.8 Å². The zero-order valence-electron chi connectivity index (χ0n) is 11.0. The van der Waals surface area contributed by atoms with E-state index >= 15 is 0 Å². The van der Waals surface area contributed by atoms with E-state index in [0.717, 1.165) is 6.42 Å². The number of benzene rings is 1. The summed E-state index contributed by atoms with van der Waals surface area (Å²) in [7, 11) is 0. The van der Waals surface area contributed by atoms with Crippen LogP contribution in [0, 0.1) is 11.3 Å². The van der Waals surface area contributed by atoms with Gasteiger partial charge in [0.2, 0.25) is 0 Å². The van der Waals surface area contributed by atoms with Gasteiger partial charge in [-0.15, -0.1) is 0 Å². The molecule has 0 fully saturated rings. The van der Waals surface area contributed by atoms with E-state index in [1.54, 1.807) is 19.1 Å². The summed E-state index contributed by atoms with van der Waals surface area (Å²) in [6.07, 6.45) is 0.581. The molecule has 1 rings (SSSR count). The molecule has 0 amide bonds. The van der Waals surface area contributed by atoms with Crippen molar-refractivity contribution in [1.29, 1.82) is 5.26 Å². The van der Waals surface area contributed by atoms with Crippen LogP contribution in [0.5, 0.6) is 5.75 Å². The van der Waals surface area contributed by atoms with Crippen LogP contribution < -0.4 is 4.74 Å². The minimum Gasteiger partial charge on any atom is -0.477 e. The van der Waals surface area contributed by atoms with E-state index in [2.05, 4.69) is 0 Å². The van der Waals surface area contributed by atoms with Crippen LogP contribution in [0.4, 0.5) is 0 Å². The predicted molar refractivity (Wildman–Crippen MR) is 72.1 cm³/mol. The fourth-order valence-electron chi connectivity index (χ4n) is 1.56. The molecule has 0 aliphatic rings. The number of hydrogen-bond donors (Lipinski definition) is 0. The number of carbonyl (C=O) groups is 1. The van der Waals surface area contributed by atoms with Crippen LogP contribution in [-0.4, -0.2) is 18.7 Å². The molecule has 0 radical (unpaired) electrons. The number of ether oxygens (including phenoxy) is 2. The maximum absolute atomic E-state index is 11.8. The second kappa shape index (κ2) is 7.65. The molecule has 0 bridgehead atoms. The van der Waals surface area contributed by atoms with Crippen LogP contribution >= 0.6 is 11.6 Å². The summed E-state index contributed by atoms with van der Waals surface area (Å²) in [5.74, 6) is -0.116. The zero-order chi connectivity index (χ0) is 14.3. The second-order valence-corrected chi connectivity index (χ2v) is 4.34. The van der Waals surface area contributed by atoms with Gasteiger partial charge in [-0.1, -0.05) is 24.9 Å². The summed E-state index contributed by atoms with van der Waals surface area (Å²) in [4.78, 5) is 11.8. The van der Waals surface area contributed by atoms with Crippen LogP contribution in [0.1, 0.15) is 32.3 Å². The lowest BCUT2D eigenvalue weighted by molar-refractivity contribution is -0.151. The molecule has 0 aromatic heterocycles. The van der Waals surface area contributed by atoms with Crippen LogP contribution in [0.2, 0.25) is 5.02 Å². The zero-order valence-corrected chi connectivity index (χ0v) is 11.7. The van der Waals surface area contributed by atoms with Crippen LogP contribution in [-0.2, 0) is 9.53 Å². The second-order valence-electron chi connectivity index (χ2n) is 3.90. The first-order valence-electron chi connectivity index (χ1n) is 6.15. The fourth-order valence-corrected chi connectivity index (χ4v) is 1.72. The highest BCUT2D eigenvalue weighted by Gasteiger charge is 2.22. The quantitative estimate of drug-likeness (QED) is 0.751. The van der Waals surface area contributed by atoms with E-state index < -0.39 is 12.1 Å². The average molecular weight is 282 g/mol. The first kappa shape index (κ1) is 15.3. The Morgan fingerprint density at radius 2 is 2.21 bits per heavy atom. The largest absolute Gasteiger partial charge is 0.477 e. The molecule has 1 unspecified atom stereocenters. The molecule has 19 heavy (non-hydrogen) atoms. The molecular weight excluding hydrogens is 266 g/mol. The third-order valence-electron chi connectivity index (χ3n) is 2.43. The van der Waals surface area contributed by atoms with Gasteiger partial charge in [0, 0.05) is 11.1 Å². The molecule has 0 aliphatic heterocycles. The molecular formula is C14H16ClNO3. The van der Waals surface area contributed by atoms with E-state index in [0.29, 0.717) is 29.4 Å². The van der Waals surface area contributed by atoms with E-state index in [1.807, 2.05) is 13.0 Å². The van der Waals surface area contributed by atoms with Gasteiger partial charge in [-0.25, -0.2) is 4.79 Å². The SMILES string of the molecule is CCCC(Oc1cc(Cl)ccc1C#N)C(=O)OCC. The molecule has 4 nitrogen and oxygen atoms in total. The fraction of sp³-hybridized carbons (Fsp3) is 0.429. The average Bonchev–Trinajstić information content (AvgIpc) is 2.39. The molecule has 0 heterocycles. The highest BCUT2D eigenvalue weighted by Crippen LogP contribution is 2.24. The van der Waals surface area contributed by atoms with E-state index in [4.69, 9.17) is 26.3 Å². The molecule has 0 spiro atoms. The van der Waals surface area contributed by atoms with Gasteiger partial charge >= 0.3 is 5.97 Å². The number of nitriles is 1. The van der Waals surface area contributed by atoms with Crippen molar-refractivity contribution in [3.63, 3.8) is 0 Å². The van der Waals surface area contributed by atoms with Gasteiger partial charge in [0.1, 0.15) is 11.8 Å². The Bertz CT molecular complexity index is 482. The van der Waals surface area contributed by atoms with Crippen LogP contribution in [0.3, 0.4) is 0 Å². The number of rotatable bonds is 6. The molecule has 0 aliphatic carbocycles. The summed E-state index contributed by atoms with van der Waals surface area (Å²) in [5.41, 5.74) is 0.342. The summed E-state index contributed by atoms with van der Waals surface area (Å²) >= 11 is 5.87. The normalized spacial score (nSPS) is 11.5. The molecule has 0 saturated heterocycles. The Morgan fingerprint density at radius 1 is 1.47 bits per heavy atom. The number of esters is 1. The highest BCUT2D eigenvalue weighted by atomic mass is 35.5. The van der Waals surface area contributed by atoms with Gasteiger partial charge in [-0.2, -0.15) is 5.26 Å². The van der Waals surface area contributed by atoms with Gasteiger partial charge in [0.05, 0.1) is 12.2 Å². The minimum absolute atomic E-state index is 0.295. The monoisotopic (exact) mass is 281 g/mol. The van der Waals surface area contributed by atoms with Crippen LogP contribution in [0.25, 0.3) is 0 Å². The van der Waals surface area contributed by atoms with Crippen molar-refractivity contribution < 1.29 is 14.3 Å². The molecule has 5 heteroatoms. The number of halogens is 1. The molecule has 1 aromatic carbocycles. The summed E-state index contributed by atoms with van der Waals surface area (Å²) in [5, 5.41) is 9.46. The predicted octanol–water partition coefficient (Wildman–Crippen LogP) is 3.32. The first-order valence-corrected chi connectivity index (χ1v) is 6.53. The van der Waals surface area contributed by atoms with Crippen molar-refractivity contribution in [3.05, 3.63) is 28.8 Å². The summed E-state index contributed by atoms with van der Waals surface area (Å²) in [6.45, 7) is 3.98. The maximum atomic E-state index is 11.8. The van der Waals surface area contributed by atoms with Crippen molar-refractivity contribution in [1.82, 2.24) is 0 Å². The van der Waals surface area contributed by atoms with Crippen molar-refractivity contribution in [2.75, 3.05) is 6.61 Å². The van der Waals surface area contributed by atoms with Crippen molar-refractivity contribution in [3.8, 4) is 11.8 Å².